The Balaban J connectivity index is 1.59. The van der Waals surface area contributed by atoms with Crippen LogP contribution in [-0.2, 0) is 28.3 Å². The summed E-state index contributed by atoms with van der Waals surface area (Å²) in [5.41, 5.74) is 2.08. The van der Waals surface area contributed by atoms with E-state index in [0.29, 0.717) is 36.0 Å². The summed E-state index contributed by atoms with van der Waals surface area (Å²) in [6.45, 7) is 1.88. The molecule has 2 aromatic heterocycles. The van der Waals surface area contributed by atoms with Crippen molar-refractivity contribution in [3.8, 4) is 16.9 Å². The molecular weight excluding hydrogens is 452 g/mol. The van der Waals surface area contributed by atoms with Gasteiger partial charge < -0.3 is 9.30 Å². The van der Waals surface area contributed by atoms with Gasteiger partial charge in [-0.15, -0.1) is 0 Å². The van der Waals surface area contributed by atoms with E-state index < -0.39 is 21.2 Å². The molecule has 0 amide bonds. The Hall–Kier alpha value is -3.65. The SMILES string of the molecule is Cc1ccc(S(=O)(=O)n2ccc3c(-c4cccc5c4OC4(CC4)C(=O)C5)cn(C)c(=O)c32)cc1. The van der Waals surface area contributed by atoms with Gasteiger partial charge in [0.15, 0.2) is 11.4 Å². The molecule has 2 aromatic carbocycles. The van der Waals surface area contributed by atoms with Gasteiger partial charge in [-0.1, -0.05) is 35.9 Å². The summed E-state index contributed by atoms with van der Waals surface area (Å²) in [5, 5.41) is 0.512. The smallest absolute Gasteiger partial charge is 0.275 e. The highest BCUT2D eigenvalue weighted by Crippen LogP contribution is 2.49. The van der Waals surface area contributed by atoms with Crippen LogP contribution in [0.2, 0.25) is 0 Å². The van der Waals surface area contributed by atoms with Crippen LogP contribution in [0.1, 0.15) is 24.0 Å². The topological polar surface area (TPSA) is 87.4 Å². The second-order valence-electron chi connectivity index (χ2n) is 9.14. The predicted octanol–water partition coefficient (Wildman–Crippen LogP) is 3.59. The summed E-state index contributed by atoms with van der Waals surface area (Å²) in [6, 6.07) is 13.8. The fourth-order valence-electron chi connectivity index (χ4n) is 4.71. The van der Waals surface area contributed by atoms with Crippen molar-refractivity contribution >= 4 is 26.7 Å². The van der Waals surface area contributed by atoms with Crippen molar-refractivity contribution < 1.29 is 17.9 Å². The number of para-hydroxylation sites is 1. The zero-order valence-electron chi connectivity index (χ0n) is 18.7. The van der Waals surface area contributed by atoms with Crippen molar-refractivity contribution in [1.29, 1.82) is 0 Å². The summed E-state index contributed by atoms with van der Waals surface area (Å²) in [7, 11) is -2.38. The molecule has 3 heterocycles. The third-order valence-corrected chi connectivity index (χ3v) is 8.50. The predicted molar refractivity (Wildman–Crippen MR) is 128 cm³/mol. The fraction of sp³-hybridized carbons (Fsp3) is 0.231. The summed E-state index contributed by atoms with van der Waals surface area (Å²) < 4.78 is 35.6. The molecule has 1 saturated carbocycles. The quantitative estimate of drug-likeness (QED) is 0.453. The maximum atomic E-state index is 13.4. The van der Waals surface area contributed by atoms with E-state index >= 15 is 0 Å². The molecular formula is C26H22N2O5S. The first-order valence-electron chi connectivity index (χ1n) is 11.1. The van der Waals surface area contributed by atoms with Gasteiger partial charge in [-0.3, -0.25) is 9.59 Å². The maximum Gasteiger partial charge on any atom is 0.275 e. The number of carbonyl (C=O) groups excluding carboxylic acids is 1. The van der Waals surface area contributed by atoms with E-state index in [1.54, 1.807) is 43.6 Å². The monoisotopic (exact) mass is 474 g/mol. The number of rotatable bonds is 3. The molecule has 0 saturated heterocycles. The molecule has 34 heavy (non-hydrogen) atoms. The van der Waals surface area contributed by atoms with E-state index in [1.807, 2.05) is 25.1 Å². The highest BCUT2D eigenvalue weighted by Gasteiger charge is 2.54. The Morgan fingerprint density at radius 1 is 0.971 bits per heavy atom. The van der Waals surface area contributed by atoms with Gasteiger partial charge in [0, 0.05) is 47.9 Å². The second-order valence-corrected chi connectivity index (χ2v) is 11.0. The van der Waals surface area contributed by atoms with E-state index in [-0.39, 0.29) is 16.2 Å². The molecule has 8 heteroatoms. The van der Waals surface area contributed by atoms with Crippen LogP contribution in [0.5, 0.6) is 5.75 Å². The first kappa shape index (κ1) is 20.9. The van der Waals surface area contributed by atoms with E-state index in [2.05, 4.69) is 0 Å². The number of ether oxygens (including phenoxy) is 1. The van der Waals surface area contributed by atoms with Crippen LogP contribution in [0, 0.1) is 6.92 Å². The van der Waals surface area contributed by atoms with Crippen LogP contribution in [-0.4, -0.2) is 28.3 Å². The number of ketones is 1. The van der Waals surface area contributed by atoms with Gasteiger partial charge >= 0.3 is 0 Å². The van der Waals surface area contributed by atoms with E-state index in [0.717, 1.165) is 20.7 Å². The Labute approximate surface area is 196 Å². The zero-order chi connectivity index (χ0) is 23.8. The number of Topliss-reactive ketones (excluding diaryl/α,β-unsaturated/α-hetero) is 1. The van der Waals surface area contributed by atoms with Crippen molar-refractivity contribution in [2.75, 3.05) is 0 Å². The Morgan fingerprint density at radius 2 is 1.71 bits per heavy atom. The van der Waals surface area contributed by atoms with E-state index in [9.17, 15) is 18.0 Å². The largest absolute Gasteiger partial charge is 0.479 e. The lowest BCUT2D eigenvalue weighted by Crippen LogP contribution is -2.35. The second kappa shape index (κ2) is 6.93. The molecule has 0 atom stereocenters. The van der Waals surface area contributed by atoms with Crippen LogP contribution < -0.4 is 10.3 Å². The lowest BCUT2D eigenvalue weighted by Gasteiger charge is -2.27. The molecule has 0 radical (unpaired) electrons. The van der Waals surface area contributed by atoms with Gasteiger partial charge in [0.25, 0.3) is 15.6 Å². The zero-order valence-corrected chi connectivity index (χ0v) is 19.6. The minimum Gasteiger partial charge on any atom is -0.479 e. The van der Waals surface area contributed by atoms with Gasteiger partial charge in [0.2, 0.25) is 0 Å². The number of benzene rings is 2. The lowest BCUT2D eigenvalue weighted by molar-refractivity contribution is -0.128. The van der Waals surface area contributed by atoms with Crippen molar-refractivity contribution in [2.24, 2.45) is 7.05 Å². The van der Waals surface area contributed by atoms with Crippen molar-refractivity contribution in [3.05, 3.63) is 82.4 Å². The first-order valence-corrected chi connectivity index (χ1v) is 12.5. The highest BCUT2D eigenvalue weighted by atomic mass is 32.2. The van der Waals surface area contributed by atoms with Crippen LogP contribution >= 0.6 is 0 Å². The highest BCUT2D eigenvalue weighted by molar-refractivity contribution is 7.90. The number of pyridine rings is 1. The molecule has 0 unspecified atom stereocenters. The van der Waals surface area contributed by atoms with Gasteiger partial charge in [0.1, 0.15) is 11.3 Å². The lowest BCUT2D eigenvalue weighted by atomic mass is 9.93. The molecule has 1 aliphatic heterocycles. The molecule has 2 aliphatic rings. The van der Waals surface area contributed by atoms with E-state index in [4.69, 9.17) is 4.74 Å². The van der Waals surface area contributed by atoms with Gasteiger partial charge in [-0.25, -0.2) is 12.4 Å². The summed E-state index contributed by atoms with van der Waals surface area (Å²) in [5.74, 6) is 0.729. The number of hydrogen-bond acceptors (Lipinski definition) is 5. The molecule has 4 aromatic rings. The van der Waals surface area contributed by atoms with E-state index in [1.165, 1.54) is 10.8 Å². The number of carbonyl (C=O) groups is 1. The third kappa shape index (κ3) is 2.91. The third-order valence-electron chi connectivity index (χ3n) is 6.81. The fourth-order valence-corrected chi connectivity index (χ4v) is 6.05. The molecule has 6 rings (SSSR count). The van der Waals surface area contributed by atoms with Crippen molar-refractivity contribution in [3.63, 3.8) is 0 Å². The van der Waals surface area contributed by atoms with Crippen LogP contribution in [0.25, 0.3) is 22.0 Å². The standard InChI is InChI=1S/C26H22N2O5S/c1-16-6-8-18(9-7-16)34(31,32)28-13-10-19-21(15-27(2)25(30)23(19)28)20-5-3-4-17-14-22(29)26(11-12-26)33-24(17)20/h3-10,13,15H,11-12,14H2,1-2H3. The van der Waals surface area contributed by atoms with Crippen molar-refractivity contribution in [1.82, 2.24) is 8.54 Å². The minimum absolute atomic E-state index is 0.0752. The van der Waals surface area contributed by atoms with Gasteiger partial charge in [-0.2, -0.15) is 0 Å². The van der Waals surface area contributed by atoms with Crippen LogP contribution in [0.15, 0.2) is 70.6 Å². The molecule has 0 bridgehead atoms. The molecule has 1 aliphatic carbocycles. The molecule has 1 fully saturated rings. The summed E-state index contributed by atoms with van der Waals surface area (Å²) in [4.78, 5) is 25.8. The summed E-state index contributed by atoms with van der Waals surface area (Å²) >= 11 is 0. The Morgan fingerprint density at radius 3 is 2.41 bits per heavy atom. The number of nitrogens with zero attached hydrogens (tertiary/aromatic N) is 2. The number of hydrogen-bond donors (Lipinski definition) is 0. The molecule has 1 spiro atoms. The summed E-state index contributed by atoms with van der Waals surface area (Å²) in [6.07, 6.45) is 4.83. The average Bonchev–Trinajstić information content (AvgIpc) is 3.43. The molecule has 172 valence electrons. The Bertz CT molecular complexity index is 1670. The van der Waals surface area contributed by atoms with Crippen LogP contribution in [0.4, 0.5) is 0 Å². The minimum atomic E-state index is -3.98. The molecule has 0 N–H and O–H groups in total. The van der Waals surface area contributed by atoms with Crippen LogP contribution in [0.3, 0.4) is 0 Å². The number of aryl methyl sites for hydroxylation is 2. The normalized spacial score (nSPS) is 16.5. The van der Waals surface area contributed by atoms with Crippen molar-refractivity contribution in [2.45, 2.75) is 36.7 Å². The average molecular weight is 475 g/mol. The maximum absolute atomic E-state index is 13.4. The number of fused-ring (bicyclic) bond motifs is 2. The number of aromatic nitrogens is 2. The Kier molecular flexibility index (Phi) is 4.26. The first-order chi connectivity index (χ1) is 16.2. The van der Waals surface area contributed by atoms with Gasteiger partial charge in [-0.05, 0) is 38.0 Å². The molecule has 7 nitrogen and oxygen atoms in total. The van der Waals surface area contributed by atoms with Gasteiger partial charge in [0.05, 0.1) is 4.90 Å².